The average molecular weight is 653 g/mol. The second kappa shape index (κ2) is 14.0. The van der Waals surface area contributed by atoms with Crippen molar-refractivity contribution < 1.29 is 39.0 Å². The smallest absolute Gasteiger partial charge is 0.322 e. The number of fused-ring (bicyclic) bond motifs is 1. The Hall–Kier alpha value is -4.23. The molecule has 4 amide bonds. The molecular weight excluding hydrogens is 612 g/mol. The van der Waals surface area contributed by atoms with Crippen LogP contribution in [-0.2, 0) is 35.2 Å². The van der Waals surface area contributed by atoms with Crippen LogP contribution >= 0.6 is 11.8 Å². The third-order valence-electron chi connectivity index (χ3n) is 8.87. The zero-order chi connectivity index (χ0) is 33.8. The first kappa shape index (κ1) is 34.6. The van der Waals surface area contributed by atoms with Crippen LogP contribution in [0.3, 0.4) is 0 Å². The topological polar surface area (TPSA) is 191 Å². The van der Waals surface area contributed by atoms with Crippen LogP contribution in [0.15, 0.2) is 64.3 Å². The number of carbonyl (C=O) groups excluding carboxylic acids is 5. The summed E-state index contributed by atoms with van der Waals surface area (Å²) in [5.74, 6) is -3.26. The Morgan fingerprint density at radius 1 is 0.957 bits per heavy atom. The fourth-order valence-corrected chi connectivity index (χ4v) is 7.35. The van der Waals surface area contributed by atoms with E-state index in [-0.39, 0.29) is 18.0 Å². The van der Waals surface area contributed by atoms with Gasteiger partial charge in [0.1, 0.15) is 24.2 Å². The van der Waals surface area contributed by atoms with Gasteiger partial charge in [-0.15, -0.1) is 0 Å². The molecule has 1 saturated carbocycles. The van der Waals surface area contributed by atoms with E-state index < -0.39 is 65.8 Å². The molecule has 0 heterocycles. The van der Waals surface area contributed by atoms with Crippen LogP contribution in [0.1, 0.15) is 46.1 Å². The monoisotopic (exact) mass is 652 g/mol. The molecule has 6 N–H and O–H groups in total. The second-order valence-corrected chi connectivity index (χ2v) is 13.1. The van der Waals surface area contributed by atoms with Gasteiger partial charge >= 0.3 is 5.97 Å². The SMILES string of the molecule is CC(=O)N[C@H](CSCC1=C(C)C=C2C(=O)[C@](C)(O)C3(CC3)C(C)=C21)C(=O)NCC(=O)N[C@@H](Cc1ccccc1)C(=O)NCC(=O)O. The van der Waals surface area contributed by atoms with Crippen LogP contribution in [0.2, 0.25) is 0 Å². The van der Waals surface area contributed by atoms with Crippen LogP contribution < -0.4 is 21.3 Å². The summed E-state index contributed by atoms with van der Waals surface area (Å²) >= 11 is 1.39. The molecule has 3 aliphatic carbocycles. The summed E-state index contributed by atoms with van der Waals surface area (Å²) in [5, 5.41) is 29.9. The number of hydrogen-bond donors (Lipinski definition) is 6. The second-order valence-electron chi connectivity index (χ2n) is 12.1. The van der Waals surface area contributed by atoms with Crippen molar-refractivity contribution in [3.63, 3.8) is 0 Å². The molecule has 3 atom stereocenters. The minimum absolute atomic E-state index is 0.100. The van der Waals surface area contributed by atoms with Gasteiger partial charge in [-0.25, -0.2) is 0 Å². The van der Waals surface area contributed by atoms with E-state index in [1.165, 1.54) is 18.7 Å². The zero-order valence-electron chi connectivity index (χ0n) is 26.3. The van der Waals surface area contributed by atoms with E-state index in [2.05, 4.69) is 21.3 Å². The molecule has 1 aromatic carbocycles. The van der Waals surface area contributed by atoms with Crippen molar-refractivity contribution in [2.75, 3.05) is 24.6 Å². The van der Waals surface area contributed by atoms with Crippen LogP contribution in [0.4, 0.5) is 0 Å². The van der Waals surface area contributed by atoms with Crippen molar-refractivity contribution in [2.45, 2.75) is 64.6 Å². The van der Waals surface area contributed by atoms with Crippen LogP contribution in [0, 0.1) is 5.41 Å². The summed E-state index contributed by atoms with van der Waals surface area (Å²) in [6.07, 6.45) is 3.39. The minimum atomic E-state index is -1.44. The molecule has 3 aliphatic rings. The number of allylic oxidation sites excluding steroid dienone is 3. The van der Waals surface area contributed by atoms with Crippen molar-refractivity contribution >= 4 is 47.1 Å². The number of amides is 4. The molecule has 0 unspecified atom stereocenters. The van der Waals surface area contributed by atoms with Gasteiger partial charge < -0.3 is 31.5 Å². The van der Waals surface area contributed by atoms with Gasteiger partial charge in [0.05, 0.1) is 6.54 Å². The molecule has 46 heavy (non-hydrogen) atoms. The number of carboxylic acid groups (broad SMARTS) is 1. The average Bonchev–Trinajstić information content (AvgIpc) is 3.76. The fraction of sp³-hybridized carbons (Fsp3) is 0.455. The van der Waals surface area contributed by atoms with Crippen LogP contribution in [0.5, 0.6) is 0 Å². The largest absolute Gasteiger partial charge is 0.480 e. The lowest BCUT2D eigenvalue weighted by atomic mass is 9.67. The highest BCUT2D eigenvalue weighted by molar-refractivity contribution is 7.99. The molecule has 12 nitrogen and oxygen atoms in total. The Morgan fingerprint density at radius 2 is 1.59 bits per heavy atom. The van der Waals surface area contributed by atoms with Gasteiger partial charge in [0.15, 0.2) is 5.78 Å². The first-order valence-corrected chi connectivity index (χ1v) is 16.2. The molecule has 1 spiro atoms. The van der Waals surface area contributed by atoms with Gasteiger partial charge in [0.2, 0.25) is 23.6 Å². The Kier molecular flexibility index (Phi) is 10.6. The highest BCUT2D eigenvalue weighted by atomic mass is 32.2. The van der Waals surface area contributed by atoms with Gasteiger partial charge in [-0.05, 0) is 62.0 Å². The highest BCUT2D eigenvalue weighted by Gasteiger charge is 2.65. The molecule has 13 heteroatoms. The number of carbonyl (C=O) groups is 6. The first-order chi connectivity index (χ1) is 21.7. The van der Waals surface area contributed by atoms with Crippen LogP contribution in [0.25, 0.3) is 0 Å². The Morgan fingerprint density at radius 3 is 2.20 bits per heavy atom. The predicted octanol–water partition coefficient (Wildman–Crippen LogP) is 0.956. The number of rotatable bonds is 14. The summed E-state index contributed by atoms with van der Waals surface area (Å²) in [5.41, 5.74) is 2.99. The number of hydrogen-bond acceptors (Lipinski definition) is 8. The van der Waals surface area contributed by atoms with Crippen molar-refractivity contribution in [3.05, 3.63) is 69.8 Å². The van der Waals surface area contributed by atoms with E-state index >= 15 is 0 Å². The summed E-state index contributed by atoms with van der Waals surface area (Å²) in [7, 11) is 0. The Bertz CT molecular complexity index is 1540. The zero-order valence-corrected chi connectivity index (χ0v) is 27.1. The molecule has 0 aromatic heterocycles. The van der Waals surface area contributed by atoms with Crippen LogP contribution in [-0.4, -0.2) is 87.9 Å². The van der Waals surface area contributed by atoms with Gasteiger partial charge in [-0.2, -0.15) is 11.8 Å². The van der Waals surface area contributed by atoms with Crippen molar-refractivity contribution in [1.82, 2.24) is 21.3 Å². The van der Waals surface area contributed by atoms with Gasteiger partial charge in [0, 0.05) is 35.8 Å². The maximum Gasteiger partial charge on any atom is 0.322 e. The van der Waals surface area contributed by atoms with E-state index in [0.29, 0.717) is 11.3 Å². The summed E-state index contributed by atoms with van der Waals surface area (Å²) in [6, 6.07) is 6.80. The summed E-state index contributed by atoms with van der Waals surface area (Å²) < 4.78 is 0. The third kappa shape index (κ3) is 7.42. The summed E-state index contributed by atoms with van der Waals surface area (Å²) in [4.78, 5) is 74.6. The van der Waals surface area contributed by atoms with E-state index in [9.17, 15) is 33.9 Å². The van der Waals surface area contributed by atoms with Crippen molar-refractivity contribution in [2.24, 2.45) is 5.41 Å². The highest BCUT2D eigenvalue weighted by Crippen LogP contribution is 2.65. The number of Topliss-reactive ketones (excluding diaryl/α,β-unsaturated/α-hetero) is 1. The van der Waals surface area contributed by atoms with Crippen molar-refractivity contribution in [1.29, 1.82) is 0 Å². The number of nitrogens with one attached hydrogen (secondary N) is 4. The van der Waals surface area contributed by atoms with E-state index in [0.717, 1.165) is 40.7 Å². The molecule has 1 fully saturated rings. The quantitative estimate of drug-likeness (QED) is 0.170. The fourth-order valence-electron chi connectivity index (χ4n) is 6.19. The molecule has 0 aliphatic heterocycles. The number of benzene rings is 1. The lowest BCUT2D eigenvalue weighted by Crippen LogP contribution is -2.53. The number of ketones is 1. The molecular formula is C33H40N4O8S. The van der Waals surface area contributed by atoms with Crippen molar-refractivity contribution in [3.8, 4) is 0 Å². The molecule has 1 aromatic rings. The molecule has 4 rings (SSSR count). The number of carboxylic acids is 1. The molecule has 0 saturated heterocycles. The van der Waals surface area contributed by atoms with E-state index in [1.807, 2.05) is 19.9 Å². The number of aliphatic carboxylic acids is 1. The molecule has 246 valence electrons. The third-order valence-corrected chi connectivity index (χ3v) is 9.93. The van der Waals surface area contributed by atoms with Gasteiger partial charge in [0.25, 0.3) is 0 Å². The molecule has 0 bridgehead atoms. The minimum Gasteiger partial charge on any atom is -0.480 e. The standard InChI is InChI=1S/C33H40N4O8S/c1-18-12-22-28(19(2)33(10-11-33)32(4,45)29(22)42)23(18)16-46-17-25(36-20(3)38)31(44)34-14-26(39)37-24(30(43)35-15-27(40)41)13-21-8-6-5-7-9-21/h5-9,12,24-25,45H,10-11,13-17H2,1-4H3,(H,34,44)(H,35,43)(H,36,38)(H,37,39)(H,40,41)/t24-,25+,32-/m0/s1. The maximum absolute atomic E-state index is 13.2. The lowest BCUT2D eigenvalue weighted by molar-refractivity contribution is -0.138. The van der Waals surface area contributed by atoms with Gasteiger partial charge in [-0.3, -0.25) is 28.8 Å². The summed E-state index contributed by atoms with van der Waals surface area (Å²) in [6.45, 7) is 5.66. The Balaban J connectivity index is 1.36. The predicted molar refractivity (Wildman–Crippen MR) is 171 cm³/mol. The Labute approximate surface area is 271 Å². The normalized spacial score (nSPS) is 20.8. The van der Waals surface area contributed by atoms with E-state index in [4.69, 9.17) is 5.11 Å². The lowest BCUT2D eigenvalue weighted by Gasteiger charge is -2.39. The van der Waals surface area contributed by atoms with Gasteiger partial charge in [-0.1, -0.05) is 35.9 Å². The number of thioether (sulfide) groups is 1. The number of aliphatic hydroxyl groups is 1. The molecule has 0 radical (unpaired) electrons. The maximum atomic E-state index is 13.2. The van der Waals surface area contributed by atoms with E-state index in [1.54, 1.807) is 37.3 Å². The first-order valence-electron chi connectivity index (χ1n) is 15.0.